The van der Waals surface area contributed by atoms with Gasteiger partial charge in [-0.3, -0.25) is 0 Å². The molecule has 1 heterocycles. The van der Waals surface area contributed by atoms with Crippen LogP contribution in [0.15, 0.2) is 5.03 Å². The van der Waals surface area contributed by atoms with Crippen LogP contribution in [0.2, 0.25) is 0 Å². The first kappa shape index (κ1) is 14.6. The molecule has 0 unspecified atom stereocenters. The fraction of sp³-hybridized carbons (Fsp3) is 0.733. The maximum Gasteiger partial charge on any atom is 0.133 e. The zero-order chi connectivity index (χ0) is 13.7. The summed E-state index contributed by atoms with van der Waals surface area (Å²) in [6.07, 6.45) is 8.90. The highest BCUT2D eigenvalue weighted by Gasteiger charge is 2.18. The fourth-order valence-corrected chi connectivity index (χ4v) is 3.89. The molecule has 0 bridgehead atoms. The lowest BCUT2D eigenvalue weighted by atomic mass is 10.0. The van der Waals surface area contributed by atoms with Gasteiger partial charge in [-0.05, 0) is 26.2 Å². The molecule has 4 heteroatoms. The molecule has 3 nitrogen and oxygen atoms in total. The average molecular weight is 279 g/mol. The van der Waals surface area contributed by atoms with Gasteiger partial charge in [0.05, 0.1) is 0 Å². The van der Waals surface area contributed by atoms with E-state index in [0.717, 1.165) is 29.7 Å². The molecule has 1 fully saturated rings. The molecule has 0 amide bonds. The van der Waals surface area contributed by atoms with Gasteiger partial charge in [0.2, 0.25) is 0 Å². The number of nitrogens with zero attached hydrogens (tertiary/aromatic N) is 2. The van der Waals surface area contributed by atoms with Gasteiger partial charge in [-0.2, -0.15) is 0 Å². The van der Waals surface area contributed by atoms with Crippen molar-refractivity contribution in [3.63, 3.8) is 0 Å². The molecule has 0 atom stereocenters. The van der Waals surface area contributed by atoms with Crippen LogP contribution in [0.1, 0.15) is 56.8 Å². The highest BCUT2D eigenvalue weighted by Crippen LogP contribution is 2.35. The molecule has 1 saturated carbocycles. The van der Waals surface area contributed by atoms with Crippen LogP contribution in [0.4, 0.5) is 5.82 Å². The molecular formula is C15H25N3S. The summed E-state index contributed by atoms with van der Waals surface area (Å²) in [7, 11) is 1.94. The van der Waals surface area contributed by atoms with E-state index >= 15 is 0 Å². The summed E-state index contributed by atoms with van der Waals surface area (Å²) in [5.74, 6) is 1.98. The predicted octanol–water partition coefficient (Wildman–Crippen LogP) is 4.20. The Morgan fingerprint density at radius 3 is 2.58 bits per heavy atom. The quantitative estimate of drug-likeness (QED) is 0.820. The van der Waals surface area contributed by atoms with Crippen molar-refractivity contribution in [2.45, 2.75) is 69.1 Å². The molecule has 19 heavy (non-hydrogen) atoms. The van der Waals surface area contributed by atoms with Crippen molar-refractivity contribution in [1.29, 1.82) is 0 Å². The lowest BCUT2D eigenvalue weighted by Gasteiger charge is -2.22. The van der Waals surface area contributed by atoms with Crippen molar-refractivity contribution in [3.8, 4) is 0 Å². The summed E-state index contributed by atoms with van der Waals surface area (Å²) in [6.45, 7) is 4.31. The number of hydrogen-bond acceptors (Lipinski definition) is 4. The summed E-state index contributed by atoms with van der Waals surface area (Å²) in [4.78, 5) is 9.38. The Labute approximate surface area is 121 Å². The van der Waals surface area contributed by atoms with Crippen LogP contribution >= 0.6 is 11.8 Å². The molecule has 0 aromatic carbocycles. The Balaban J connectivity index is 2.18. The number of rotatable bonds is 5. The summed E-state index contributed by atoms with van der Waals surface area (Å²) in [5.41, 5.74) is 1.21. The second-order valence-electron chi connectivity index (χ2n) is 5.30. The van der Waals surface area contributed by atoms with Gasteiger partial charge in [0.1, 0.15) is 16.7 Å². The van der Waals surface area contributed by atoms with E-state index in [1.54, 1.807) is 0 Å². The van der Waals surface area contributed by atoms with Gasteiger partial charge < -0.3 is 5.32 Å². The molecule has 1 aromatic rings. The van der Waals surface area contributed by atoms with E-state index in [9.17, 15) is 0 Å². The molecule has 1 N–H and O–H groups in total. The smallest absolute Gasteiger partial charge is 0.133 e. The van der Waals surface area contributed by atoms with Gasteiger partial charge in [-0.1, -0.05) is 26.2 Å². The minimum atomic E-state index is 0.751. The Bertz CT molecular complexity index is 414. The maximum atomic E-state index is 4.78. The minimum absolute atomic E-state index is 0.751. The third-order valence-corrected chi connectivity index (χ3v) is 5.11. The standard InChI is InChI=1S/C15H25N3S/c1-4-8-13-17-14(16-3)11(2)15(18-13)19-12-9-6-5-7-10-12/h12H,4-10H2,1-3H3,(H,16,17,18). The van der Waals surface area contributed by atoms with Crippen molar-refractivity contribution >= 4 is 17.6 Å². The molecule has 106 valence electrons. The van der Waals surface area contributed by atoms with Crippen LogP contribution in [0.25, 0.3) is 0 Å². The molecule has 0 aliphatic heterocycles. The summed E-state index contributed by atoms with van der Waals surface area (Å²) < 4.78 is 0. The Morgan fingerprint density at radius 2 is 1.95 bits per heavy atom. The van der Waals surface area contributed by atoms with Crippen molar-refractivity contribution in [2.24, 2.45) is 0 Å². The van der Waals surface area contributed by atoms with Gasteiger partial charge >= 0.3 is 0 Å². The van der Waals surface area contributed by atoms with E-state index in [4.69, 9.17) is 4.98 Å². The maximum absolute atomic E-state index is 4.78. The first-order valence-corrected chi connectivity index (χ1v) is 8.34. The number of hydrogen-bond donors (Lipinski definition) is 1. The number of nitrogens with one attached hydrogen (secondary N) is 1. The lowest BCUT2D eigenvalue weighted by Crippen LogP contribution is -2.10. The van der Waals surface area contributed by atoms with Crippen molar-refractivity contribution in [3.05, 3.63) is 11.4 Å². The van der Waals surface area contributed by atoms with E-state index in [1.165, 1.54) is 42.7 Å². The van der Waals surface area contributed by atoms with Gasteiger partial charge in [-0.25, -0.2) is 9.97 Å². The minimum Gasteiger partial charge on any atom is -0.373 e. The summed E-state index contributed by atoms with van der Waals surface area (Å²) >= 11 is 1.97. The molecule has 0 saturated heterocycles. The van der Waals surface area contributed by atoms with Crippen LogP contribution in [0.3, 0.4) is 0 Å². The van der Waals surface area contributed by atoms with Crippen LogP contribution in [-0.4, -0.2) is 22.3 Å². The first-order chi connectivity index (χ1) is 9.24. The highest BCUT2D eigenvalue weighted by atomic mass is 32.2. The number of aromatic nitrogens is 2. The van der Waals surface area contributed by atoms with E-state index in [2.05, 4.69) is 24.1 Å². The second-order valence-corrected chi connectivity index (χ2v) is 6.59. The zero-order valence-corrected chi connectivity index (χ0v) is 13.1. The number of anilines is 1. The zero-order valence-electron chi connectivity index (χ0n) is 12.3. The Morgan fingerprint density at radius 1 is 1.21 bits per heavy atom. The molecule has 0 radical (unpaired) electrons. The van der Waals surface area contributed by atoms with E-state index < -0.39 is 0 Å². The molecule has 2 rings (SSSR count). The van der Waals surface area contributed by atoms with Gasteiger partial charge in [0, 0.05) is 24.3 Å². The predicted molar refractivity (Wildman–Crippen MR) is 83.0 cm³/mol. The van der Waals surface area contributed by atoms with Crippen molar-refractivity contribution in [1.82, 2.24) is 9.97 Å². The molecule has 1 aromatic heterocycles. The van der Waals surface area contributed by atoms with E-state index in [1.807, 2.05) is 18.8 Å². The van der Waals surface area contributed by atoms with Crippen molar-refractivity contribution < 1.29 is 0 Å². The van der Waals surface area contributed by atoms with Gasteiger partial charge in [0.25, 0.3) is 0 Å². The Hall–Kier alpha value is -0.770. The Kier molecular flexibility index (Phi) is 5.49. The monoisotopic (exact) mass is 279 g/mol. The number of aryl methyl sites for hydroxylation is 1. The summed E-state index contributed by atoms with van der Waals surface area (Å²) in [5, 5.41) is 5.15. The third kappa shape index (κ3) is 3.85. The van der Waals surface area contributed by atoms with Crippen LogP contribution in [0, 0.1) is 6.92 Å². The van der Waals surface area contributed by atoms with Crippen LogP contribution in [-0.2, 0) is 6.42 Å². The number of thioether (sulfide) groups is 1. The lowest BCUT2D eigenvalue weighted by molar-refractivity contribution is 0.515. The summed E-state index contributed by atoms with van der Waals surface area (Å²) in [6, 6.07) is 0. The van der Waals surface area contributed by atoms with Crippen LogP contribution in [0.5, 0.6) is 0 Å². The third-order valence-electron chi connectivity index (χ3n) is 3.69. The van der Waals surface area contributed by atoms with Gasteiger partial charge in [0.15, 0.2) is 0 Å². The molecule has 1 aliphatic carbocycles. The largest absolute Gasteiger partial charge is 0.373 e. The molecular weight excluding hydrogens is 254 g/mol. The average Bonchev–Trinajstić information content (AvgIpc) is 2.43. The van der Waals surface area contributed by atoms with Gasteiger partial charge in [-0.15, -0.1) is 11.8 Å². The topological polar surface area (TPSA) is 37.8 Å². The van der Waals surface area contributed by atoms with Crippen LogP contribution < -0.4 is 5.32 Å². The van der Waals surface area contributed by atoms with E-state index in [0.29, 0.717) is 0 Å². The van der Waals surface area contributed by atoms with E-state index in [-0.39, 0.29) is 0 Å². The highest BCUT2D eigenvalue weighted by molar-refractivity contribution is 7.99. The fourth-order valence-electron chi connectivity index (χ4n) is 2.57. The first-order valence-electron chi connectivity index (χ1n) is 7.46. The second kappa shape index (κ2) is 7.13. The molecule has 0 spiro atoms. The van der Waals surface area contributed by atoms with Crippen molar-refractivity contribution in [2.75, 3.05) is 12.4 Å². The molecule has 1 aliphatic rings. The normalized spacial score (nSPS) is 16.6. The SMILES string of the molecule is CCCc1nc(NC)c(C)c(SC2CCCCC2)n1.